The van der Waals surface area contributed by atoms with Crippen LogP contribution in [0.1, 0.15) is 24.8 Å². The quantitative estimate of drug-likeness (QED) is 0.841. The van der Waals surface area contributed by atoms with E-state index in [-0.39, 0.29) is 12.1 Å². The minimum absolute atomic E-state index is 0.0962. The van der Waals surface area contributed by atoms with E-state index in [0.717, 1.165) is 24.8 Å². The van der Waals surface area contributed by atoms with Gasteiger partial charge in [0.25, 0.3) is 10.0 Å². The first-order valence-electron chi connectivity index (χ1n) is 8.46. The van der Waals surface area contributed by atoms with Gasteiger partial charge in [-0.2, -0.15) is 0 Å². The molecule has 1 aliphatic carbocycles. The van der Waals surface area contributed by atoms with E-state index in [1.807, 2.05) is 19.1 Å². The Balaban J connectivity index is 1.87. The third-order valence-corrected chi connectivity index (χ3v) is 6.83. The minimum atomic E-state index is -3.67. The molecule has 0 spiro atoms. The van der Waals surface area contributed by atoms with Crippen molar-refractivity contribution in [3.8, 4) is 11.5 Å². The van der Waals surface area contributed by atoms with Crippen LogP contribution in [0.5, 0.6) is 11.5 Å². The average molecular weight is 359 g/mol. The molecule has 0 aromatic heterocycles. The van der Waals surface area contributed by atoms with Crippen LogP contribution in [0.3, 0.4) is 0 Å². The maximum absolute atomic E-state index is 13.4. The highest BCUT2D eigenvalue weighted by Crippen LogP contribution is 2.45. The Labute approximate surface area is 148 Å². The minimum Gasteiger partial charge on any atom is -0.497 e. The Kier molecular flexibility index (Phi) is 3.87. The lowest BCUT2D eigenvalue weighted by atomic mass is 10.1. The maximum atomic E-state index is 13.4. The van der Waals surface area contributed by atoms with Gasteiger partial charge in [0.15, 0.2) is 0 Å². The molecule has 2 aliphatic rings. The van der Waals surface area contributed by atoms with E-state index in [0.29, 0.717) is 22.1 Å². The van der Waals surface area contributed by atoms with Crippen LogP contribution in [-0.4, -0.2) is 27.7 Å². The zero-order valence-corrected chi connectivity index (χ0v) is 15.1. The molecule has 6 heteroatoms. The number of anilines is 1. The molecule has 0 N–H and O–H groups in total. The van der Waals surface area contributed by atoms with Crippen LogP contribution in [0.4, 0.5) is 5.69 Å². The van der Waals surface area contributed by atoms with Crippen molar-refractivity contribution in [2.24, 2.45) is 0 Å². The average Bonchev–Trinajstić information content (AvgIpc) is 3.07. The summed E-state index contributed by atoms with van der Waals surface area (Å²) in [7, 11) is -2.10. The number of rotatable bonds is 3. The van der Waals surface area contributed by atoms with Gasteiger partial charge in [0.2, 0.25) is 0 Å². The van der Waals surface area contributed by atoms with Crippen LogP contribution in [-0.2, 0) is 10.0 Å². The van der Waals surface area contributed by atoms with Crippen LogP contribution >= 0.6 is 0 Å². The molecule has 0 bridgehead atoms. The van der Waals surface area contributed by atoms with E-state index in [4.69, 9.17) is 9.47 Å². The summed E-state index contributed by atoms with van der Waals surface area (Å²) in [5.74, 6) is 1.21. The summed E-state index contributed by atoms with van der Waals surface area (Å²) in [6.45, 7) is 1.94. The second-order valence-corrected chi connectivity index (χ2v) is 8.42. The molecule has 0 amide bonds. The third-order valence-electron chi connectivity index (χ3n) is 4.98. The fourth-order valence-corrected chi connectivity index (χ4v) is 5.39. The number of methoxy groups -OCH3 is 1. The number of aryl methyl sites for hydroxylation is 1. The lowest BCUT2D eigenvalue weighted by Crippen LogP contribution is -2.49. The van der Waals surface area contributed by atoms with Crippen molar-refractivity contribution in [2.45, 2.75) is 43.2 Å². The molecule has 0 radical (unpaired) electrons. The van der Waals surface area contributed by atoms with Gasteiger partial charge in [0.1, 0.15) is 17.6 Å². The first-order chi connectivity index (χ1) is 12.0. The summed E-state index contributed by atoms with van der Waals surface area (Å²) in [5, 5.41) is 0. The largest absolute Gasteiger partial charge is 0.497 e. The molecular formula is C19H21NO4S. The number of benzene rings is 2. The Bertz CT molecular complexity index is 892. The first kappa shape index (κ1) is 16.3. The molecule has 1 aliphatic heterocycles. The van der Waals surface area contributed by atoms with Gasteiger partial charge in [-0.05, 0) is 50.5 Å². The summed E-state index contributed by atoms with van der Waals surface area (Å²) in [6, 6.07) is 12.2. The van der Waals surface area contributed by atoms with Gasteiger partial charge in [-0.3, -0.25) is 4.31 Å². The fourth-order valence-electron chi connectivity index (χ4n) is 3.68. The van der Waals surface area contributed by atoms with Gasteiger partial charge in [-0.1, -0.05) is 17.7 Å². The molecule has 132 valence electrons. The van der Waals surface area contributed by atoms with Crippen molar-refractivity contribution >= 4 is 15.7 Å². The molecule has 4 rings (SSSR count). The second-order valence-electron chi connectivity index (χ2n) is 6.60. The number of ether oxygens (including phenoxy) is 2. The number of fused-ring (bicyclic) bond motifs is 2. The predicted molar refractivity (Wildman–Crippen MR) is 95.9 cm³/mol. The molecule has 2 aromatic carbocycles. The number of sulfonamides is 1. The SMILES string of the molecule is COc1ccc2c(c1)N(S(=O)(=O)c1ccc(C)cc1)[C@H]1CCC[C@@H]1O2. The van der Waals surface area contributed by atoms with E-state index in [9.17, 15) is 8.42 Å². The first-order valence-corrected chi connectivity index (χ1v) is 9.90. The lowest BCUT2D eigenvalue weighted by Gasteiger charge is -2.39. The van der Waals surface area contributed by atoms with E-state index in [1.165, 1.54) is 0 Å². The number of nitrogens with zero attached hydrogens (tertiary/aromatic N) is 1. The van der Waals surface area contributed by atoms with Crippen LogP contribution < -0.4 is 13.8 Å². The zero-order valence-electron chi connectivity index (χ0n) is 14.3. The molecule has 0 unspecified atom stereocenters. The standard InChI is InChI=1S/C19H21NO4S/c1-13-6-9-15(10-7-13)25(21,22)20-16-4-3-5-18(16)24-19-11-8-14(23-2)12-17(19)20/h6-12,16,18H,3-5H2,1-2H3/t16-,18-/m0/s1. The van der Waals surface area contributed by atoms with Gasteiger partial charge in [-0.15, -0.1) is 0 Å². The Morgan fingerprint density at radius 3 is 2.60 bits per heavy atom. The third kappa shape index (κ3) is 2.65. The second kappa shape index (κ2) is 5.95. The molecule has 0 saturated heterocycles. The van der Waals surface area contributed by atoms with Crippen molar-refractivity contribution in [1.29, 1.82) is 0 Å². The van der Waals surface area contributed by atoms with Crippen molar-refractivity contribution in [3.63, 3.8) is 0 Å². The van der Waals surface area contributed by atoms with Crippen molar-refractivity contribution in [2.75, 3.05) is 11.4 Å². The van der Waals surface area contributed by atoms with E-state index in [2.05, 4.69) is 0 Å². The summed E-state index contributed by atoms with van der Waals surface area (Å²) in [6.07, 6.45) is 2.53. The van der Waals surface area contributed by atoms with Gasteiger partial charge in [0, 0.05) is 6.07 Å². The van der Waals surface area contributed by atoms with E-state index in [1.54, 1.807) is 41.7 Å². The maximum Gasteiger partial charge on any atom is 0.264 e. The predicted octanol–water partition coefficient (Wildman–Crippen LogP) is 3.51. The van der Waals surface area contributed by atoms with E-state index < -0.39 is 10.0 Å². The molecule has 25 heavy (non-hydrogen) atoms. The van der Waals surface area contributed by atoms with Crippen LogP contribution in [0.2, 0.25) is 0 Å². The molecule has 1 fully saturated rings. The summed E-state index contributed by atoms with van der Waals surface area (Å²) in [5.41, 5.74) is 1.59. The highest BCUT2D eigenvalue weighted by atomic mass is 32.2. The molecule has 1 saturated carbocycles. The Morgan fingerprint density at radius 2 is 1.88 bits per heavy atom. The zero-order chi connectivity index (χ0) is 17.6. The Morgan fingerprint density at radius 1 is 1.12 bits per heavy atom. The lowest BCUT2D eigenvalue weighted by molar-refractivity contribution is 0.180. The van der Waals surface area contributed by atoms with Crippen LogP contribution in [0, 0.1) is 6.92 Å². The van der Waals surface area contributed by atoms with Gasteiger partial charge in [0.05, 0.1) is 23.7 Å². The summed E-state index contributed by atoms with van der Waals surface area (Å²) < 4.78 is 39.8. The van der Waals surface area contributed by atoms with Crippen LogP contribution in [0.15, 0.2) is 47.4 Å². The highest BCUT2D eigenvalue weighted by molar-refractivity contribution is 7.92. The smallest absolute Gasteiger partial charge is 0.264 e. The van der Waals surface area contributed by atoms with Crippen molar-refractivity contribution in [3.05, 3.63) is 48.0 Å². The molecular weight excluding hydrogens is 338 g/mol. The highest BCUT2D eigenvalue weighted by Gasteiger charge is 2.45. The normalized spacial score (nSPS) is 22.1. The summed E-state index contributed by atoms with van der Waals surface area (Å²) >= 11 is 0. The van der Waals surface area contributed by atoms with Gasteiger partial charge < -0.3 is 9.47 Å². The van der Waals surface area contributed by atoms with Gasteiger partial charge >= 0.3 is 0 Å². The number of hydrogen-bond acceptors (Lipinski definition) is 4. The van der Waals surface area contributed by atoms with Crippen molar-refractivity contribution < 1.29 is 17.9 Å². The molecule has 5 nitrogen and oxygen atoms in total. The van der Waals surface area contributed by atoms with Crippen molar-refractivity contribution in [1.82, 2.24) is 0 Å². The molecule has 1 heterocycles. The molecule has 2 aromatic rings. The molecule has 2 atom stereocenters. The van der Waals surface area contributed by atoms with Gasteiger partial charge in [-0.25, -0.2) is 8.42 Å². The number of hydrogen-bond donors (Lipinski definition) is 0. The Hall–Kier alpha value is -2.21. The van der Waals surface area contributed by atoms with Crippen LogP contribution in [0.25, 0.3) is 0 Å². The summed E-state index contributed by atoms with van der Waals surface area (Å²) in [4.78, 5) is 0.305. The fraction of sp³-hybridized carbons (Fsp3) is 0.368. The topological polar surface area (TPSA) is 55.8 Å². The monoisotopic (exact) mass is 359 g/mol. The van der Waals surface area contributed by atoms with E-state index >= 15 is 0 Å².